The molecular formula is C20H22ClN3O4S. The molecule has 0 radical (unpaired) electrons. The van der Waals surface area contributed by atoms with Crippen LogP contribution >= 0.6 is 22.9 Å². The minimum absolute atomic E-state index is 0.539. The highest BCUT2D eigenvalue weighted by atomic mass is 35.5. The Morgan fingerprint density at radius 1 is 1.21 bits per heavy atom. The highest BCUT2D eigenvalue weighted by Crippen LogP contribution is 2.32. The Morgan fingerprint density at radius 2 is 1.86 bits per heavy atom. The van der Waals surface area contributed by atoms with Crippen LogP contribution in [0.2, 0.25) is 4.34 Å². The van der Waals surface area contributed by atoms with Crippen LogP contribution in [-0.2, 0) is 16.0 Å². The summed E-state index contributed by atoms with van der Waals surface area (Å²) in [6.07, 6.45) is 5.46. The average molecular weight is 436 g/mol. The number of carboxylic acid groups (broad SMARTS) is 2. The van der Waals surface area contributed by atoms with E-state index in [1.807, 2.05) is 0 Å². The Hall–Kier alpha value is -2.68. The molecule has 0 amide bonds. The fourth-order valence-corrected chi connectivity index (χ4v) is 3.75. The number of halogens is 1. The molecule has 7 nitrogen and oxygen atoms in total. The van der Waals surface area contributed by atoms with Gasteiger partial charge in [-0.15, -0.1) is 0 Å². The number of thiazole rings is 1. The third kappa shape index (κ3) is 8.06. The van der Waals surface area contributed by atoms with Crippen LogP contribution in [0.25, 0.3) is 5.57 Å². The third-order valence-corrected chi connectivity index (χ3v) is 5.15. The molecule has 0 aliphatic carbocycles. The molecule has 2 heterocycles. The predicted octanol–water partition coefficient (Wildman–Crippen LogP) is 3.42. The minimum Gasteiger partial charge on any atom is -0.478 e. The maximum absolute atomic E-state index is 9.55. The number of hydrogen-bond donors (Lipinski definition) is 3. The Balaban J connectivity index is 0.000000321. The molecule has 4 N–H and O–H groups in total. The molecule has 1 aromatic carbocycles. The van der Waals surface area contributed by atoms with Crippen molar-refractivity contribution in [3.63, 3.8) is 0 Å². The van der Waals surface area contributed by atoms with Gasteiger partial charge in [-0.1, -0.05) is 59.3 Å². The summed E-state index contributed by atoms with van der Waals surface area (Å²) >= 11 is 7.56. The first-order chi connectivity index (χ1) is 13.8. The predicted molar refractivity (Wildman–Crippen MR) is 115 cm³/mol. The van der Waals surface area contributed by atoms with Crippen molar-refractivity contribution in [1.29, 1.82) is 0 Å². The highest BCUT2D eigenvalue weighted by Gasteiger charge is 2.18. The lowest BCUT2D eigenvalue weighted by Gasteiger charge is -2.26. The van der Waals surface area contributed by atoms with Crippen LogP contribution in [0.15, 0.2) is 48.6 Å². The van der Waals surface area contributed by atoms with Crippen molar-refractivity contribution in [2.45, 2.75) is 12.8 Å². The Bertz CT molecular complexity index is 880. The molecule has 29 heavy (non-hydrogen) atoms. The van der Waals surface area contributed by atoms with Crippen LogP contribution in [0.1, 0.15) is 17.7 Å². The van der Waals surface area contributed by atoms with E-state index in [2.05, 4.69) is 46.3 Å². The first kappa shape index (κ1) is 22.6. The van der Waals surface area contributed by atoms with Gasteiger partial charge in [-0.2, -0.15) is 0 Å². The van der Waals surface area contributed by atoms with Crippen molar-refractivity contribution in [1.82, 2.24) is 9.88 Å². The van der Waals surface area contributed by atoms with E-state index in [0.717, 1.165) is 38.2 Å². The number of carboxylic acids is 2. The van der Waals surface area contributed by atoms with Crippen LogP contribution in [0.5, 0.6) is 0 Å². The van der Waals surface area contributed by atoms with Gasteiger partial charge in [0.15, 0.2) is 5.13 Å². The second kappa shape index (κ2) is 11.4. The molecule has 0 fully saturated rings. The second-order valence-electron chi connectivity index (χ2n) is 6.21. The maximum atomic E-state index is 9.55. The van der Waals surface area contributed by atoms with E-state index in [1.165, 1.54) is 22.5 Å². The molecule has 3 rings (SSSR count). The lowest BCUT2D eigenvalue weighted by Crippen LogP contribution is -2.31. The number of benzene rings is 1. The van der Waals surface area contributed by atoms with Crippen LogP contribution in [0.4, 0.5) is 5.13 Å². The van der Waals surface area contributed by atoms with Crippen molar-refractivity contribution in [3.8, 4) is 0 Å². The number of aliphatic carboxylic acids is 2. The molecule has 1 aromatic heterocycles. The fraction of sp³-hybridized carbons (Fsp3) is 0.250. The van der Waals surface area contributed by atoms with Crippen LogP contribution < -0.4 is 5.73 Å². The smallest absolute Gasteiger partial charge is 0.328 e. The van der Waals surface area contributed by atoms with Crippen LogP contribution in [0.3, 0.4) is 0 Å². The summed E-state index contributed by atoms with van der Waals surface area (Å²) in [5.41, 5.74) is 9.18. The summed E-state index contributed by atoms with van der Waals surface area (Å²) in [5.74, 6) is -2.51. The third-order valence-electron chi connectivity index (χ3n) is 4.06. The molecule has 0 saturated heterocycles. The van der Waals surface area contributed by atoms with E-state index >= 15 is 0 Å². The van der Waals surface area contributed by atoms with E-state index in [4.69, 9.17) is 27.5 Å². The molecule has 0 unspecified atom stereocenters. The van der Waals surface area contributed by atoms with Gasteiger partial charge in [-0.25, -0.2) is 14.6 Å². The summed E-state index contributed by atoms with van der Waals surface area (Å²) in [4.78, 5) is 25.9. The number of hydrogen-bond acceptors (Lipinski definition) is 6. The van der Waals surface area contributed by atoms with E-state index in [1.54, 1.807) is 0 Å². The first-order valence-corrected chi connectivity index (χ1v) is 10.1. The molecule has 1 aliphatic heterocycles. The number of nitrogens with two attached hydrogens (primary N) is 1. The molecule has 1 aliphatic rings. The fourth-order valence-electron chi connectivity index (χ4n) is 2.76. The second-order valence-corrected chi connectivity index (χ2v) is 7.85. The van der Waals surface area contributed by atoms with Crippen molar-refractivity contribution >= 4 is 45.6 Å². The van der Waals surface area contributed by atoms with E-state index in [0.29, 0.717) is 21.6 Å². The van der Waals surface area contributed by atoms with E-state index in [9.17, 15) is 9.59 Å². The number of anilines is 1. The molecule has 0 bridgehead atoms. The SMILES string of the molecule is Nc1nc(C2=CCCN(CCc3ccccc3)C2)c(Cl)s1.O=C(O)C=CC(=O)O. The van der Waals surface area contributed by atoms with Crippen molar-refractivity contribution in [2.75, 3.05) is 25.4 Å². The maximum Gasteiger partial charge on any atom is 0.328 e. The lowest BCUT2D eigenvalue weighted by atomic mass is 10.1. The Kier molecular flexibility index (Phi) is 8.85. The average Bonchev–Trinajstić information content (AvgIpc) is 3.04. The van der Waals surface area contributed by atoms with E-state index < -0.39 is 11.9 Å². The number of nitrogens with zero attached hydrogens (tertiary/aromatic N) is 2. The van der Waals surface area contributed by atoms with Crippen molar-refractivity contribution in [3.05, 3.63) is 64.2 Å². The van der Waals surface area contributed by atoms with Gasteiger partial charge in [0.1, 0.15) is 4.34 Å². The van der Waals surface area contributed by atoms with Crippen molar-refractivity contribution in [2.24, 2.45) is 0 Å². The zero-order valence-corrected chi connectivity index (χ0v) is 17.2. The molecule has 2 aromatic rings. The number of nitrogen functional groups attached to an aromatic ring is 1. The zero-order valence-electron chi connectivity index (χ0n) is 15.6. The zero-order chi connectivity index (χ0) is 21.2. The lowest BCUT2D eigenvalue weighted by molar-refractivity contribution is -0.134. The standard InChI is InChI=1S/C16H18ClN3S.C4H4O4/c17-15-14(19-16(18)21-15)13-7-4-9-20(11-13)10-8-12-5-2-1-3-6-12;5-3(6)1-2-4(7)8/h1-3,5-7H,4,8-11H2,(H2,18,19);1-2H,(H,5,6)(H,7,8). The monoisotopic (exact) mass is 435 g/mol. The summed E-state index contributed by atoms with van der Waals surface area (Å²) in [6, 6.07) is 10.6. The summed E-state index contributed by atoms with van der Waals surface area (Å²) in [5, 5.41) is 16.2. The summed E-state index contributed by atoms with van der Waals surface area (Å²) < 4.78 is 0.698. The Morgan fingerprint density at radius 3 is 2.41 bits per heavy atom. The quantitative estimate of drug-likeness (QED) is 0.595. The van der Waals surface area contributed by atoms with Gasteiger partial charge in [-0.05, 0) is 24.0 Å². The van der Waals surface area contributed by atoms with Crippen LogP contribution in [-0.4, -0.2) is 51.7 Å². The molecule has 154 valence electrons. The van der Waals surface area contributed by atoms with Gasteiger partial charge in [0.25, 0.3) is 0 Å². The van der Waals surface area contributed by atoms with E-state index in [-0.39, 0.29) is 0 Å². The molecule has 0 spiro atoms. The normalized spacial score (nSPS) is 14.2. The Labute approximate surface area is 177 Å². The van der Waals surface area contributed by atoms with Gasteiger partial charge in [0.05, 0.1) is 5.69 Å². The van der Waals surface area contributed by atoms with Gasteiger partial charge in [0.2, 0.25) is 0 Å². The number of aromatic nitrogens is 1. The summed E-state index contributed by atoms with van der Waals surface area (Å²) in [7, 11) is 0. The first-order valence-electron chi connectivity index (χ1n) is 8.86. The molecular weight excluding hydrogens is 414 g/mol. The van der Waals surface area contributed by atoms with Gasteiger partial charge in [-0.3, -0.25) is 4.90 Å². The van der Waals surface area contributed by atoms with Crippen molar-refractivity contribution < 1.29 is 19.8 Å². The molecule has 0 saturated carbocycles. The largest absolute Gasteiger partial charge is 0.478 e. The number of rotatable bonds is 6. The van der Waals surface area contributed by atoms with Gasteiger partial charge < -0.3 is 15.9 Å². The number of carbonyl (C=O) groups is 2. The topological polar surface area (TPSA) is 117 Å². The summed E-state index contributed by atoms with van der Waals surface area (Å²) in [6.45, 7) is 3.04. The van der Waals surface area contributed by atoms with Crippen LogP contribution in [0, 0.1) is 0 Å². The molecule has 0 atom stereocenters. The van der Waals surface area contributed by atoms with Gasteiger partial charge in [0, 0.05) is 31.8 Å². The molecule has 9 heteroatoms. The highest BCUT2D eigenvalue weighted by molar-refractivity contribution is 7.19. The van der Waals surface area contributed by atoms with Gasteiger partial charge >= 0.3 is 11.9 Å². The minimum atomic E-state index is -1.26.